The van der Waals surface area contributed by atoms with Crippen LogP contribution in [0.15, 0.2) is 66.7 Å². The highest BCUT2D eigenvalue weighted by atomic mass is 28.4. The Morgan fingerprint density at radius 1 is 0.889 bits per heavy atom. The van der Waals surface area contributed by atoms with Gasteiger partial charge in [-0.15, -0.1) is 0 Å². The Kier molecular flexibility index (Phi) is 9.88. The van der Waals surface area contributed by atoms with Gasteiger partial charge in [-0.1, -0.05) is 81.4 Å². The Hall–Kier alpha value is -3.44. The van der Waals surface area contributed by atoms with E-state index in [1.165, 1.54) is 11.0 Å². The summed E-state index contributed by atoms with van der Waals surface area (Å²) in [5, 5.41) is 1.68. The number of morpholine rings is 2. The van der Waals surface area contributed by atoms with Gasteiger partial charge in [-0.2, -0.15) is 0 Å². The van der Waals surface area contributed by atoms with Crippen molar-refractivity contribution >= 4 is 36.1 Å². The zero-order valence-electron chi connectivity index (χ0n) is 26.6. The van der Waals surface area contributed by atoms with E-state index in [2.05, 4.69) is 45.0 Å². The molecule has 0 aliphatic carbocycles. The smallest absolute Gasteiger partial charge is 0.295 e. The van der Waals surface area contributed by atoms with Crippen LogP contribution in [0.5, 0.6) is 0 Å². The van der Waals surface area contributed by atoms with Crippen LogP contribution >= 0.6 is 0 Å². The lowest BCUT2D eigenvalue weighted by atomic mass is 10.0. The number of benzene rings is 3. The maximum atomic E-state index is 16.3. The number of rotatable bonds is 8. The van der Waals surface area contributed by atoms with Crippen molar-refractivity contribution < 1.29 is 32.3 Å². The molecular formula is C35H42F2N2O5Si. The third-order valence-electron chi connectivity index (χ3n) is 8.59. The molecule has 1 amide bonds. The number of Topliss-reactive ketones (excluding diaryl/α,β-unsaturated/α-hetero) is 1. The van der Waals surface area contributed by atoms with Crippen LogP contribution in [0.4, 0.5) is 14.5 Å². The molecule has 2 aliphatic heterocycles. The third-order valence-corrected chi connectivity index (χ3v) is 13.6. The van der Waals surface area contributed by atoms with Crippen LogP contribution in [0, 0.1) is 11.6 Å². The summed E-state index contributed by atoms with van der Waals surface area (Å²) in [7, 11) is -3.09. The van der Waals surface area contributed by atoms with Crippen LogP contribution in [-0.4, -0.2) is 76.5 Å². The van der Waals surface area contributed by atoms with Crippen LogP contribution in [0.25, 0.3) is 0 Å². The molecule has 7 nitrogen and oxygen atoms in total. The van der Waals surface area contributed by atoms with Crippen molar-refractivity contribution in [2.75, 3.05) is 44.3 Å². The summed E-state index contributed by atoms with van der Waals surface area (Å²) < 4.78 is 50.5. The van der Waals surface area contributed by atoms with Crippen LogP contribution in [0.3, 0.4) is 0 Å². The Balaban J connectivity index is 1.64. The van der Waals surface area contributed by atoms with Gasteiger partial charge < -0.3 is 23.7 Å². The third kappa shape index (κ3) is 6.60. The van der Waals surface area contributed by atoms with Crippen molar-refractivity contribution in [3.63, 3.8) is 0 Å². The van der Waals surface area contributed by atoms with E-state index in [0.29, 0.717) is 18.7 Å². The van der Waals surface area contributed by atoms with Crippen LogP contribution in [-0.2, 0) is 25.3 Å². The minimum atomic E-state index is -3.09. The molecule has 2 heterocycles. The van der Waals surface area contributed by atoms with Crippen molar-refractivity contribution in [3.05, 3.63) is 89.5 Å². The molecule has 45 heavy (non-hydrogen) atoms. The first-order valence-corrected chi connectivity index (χ1v) is 17.4. The lowest BCUT2D eigenvalue weighted by molar-refractivity contribution is -0.130. The average molecular weight is 637 g/mol. The van der Waals surface area contributed by atoms with E-state index in [9.17, 15) is 9.59 Å². The van der Waals surface area contributed by atoms with Crippen molar-refractivity contribution in [2.24, 2.45) is 0 Å². The zero-order chi connectivity index (χ0) is 32.4. The second-order valence-electron chi connectivity index (χ2n) is 12.9. The summed E-state index contributed by atoms with van der Waals surface area (Å²) in [6, 6.07) is 21.3. The first-order valence-electron chi connectivity index (χ1n) is 15.5. The van der Waals surface area contributed by atoms with Gasteiger partial charge >= 0.3 is 0 Å². The molecule has 5 rings (SSSR count). The fraction of sp³-hybridized carbons (Fsp3) is 0.429. The molecule has 2 fully saturated rings. The van der Waals surface area contributed by atoms with Gasteiger partial charge in [-0.05, 0) is 35.3 Å². The number of ether oxygens (including phenoxy) is 2. The minimum Gasteiger partial charge on any atom is -0.403 e. The normalized spacial score (nSPS) is 19.4. The van der Waals surface area contributed by atoms with Crippen molar-refractivity contribution in [3.8, 4) is 0 Å². The summed E-state index contributed by atoms with van der Waals surface area (Å²) in [4.78, 5) is 29.7. The summed E-state index contributed by atoms with van der Waals surface area (Å²) in [6.45, 7) is 11.7. The molecule has 0 aromatic heterocycles. The average Bonchev–Trinajstić information content (AvgIpc) is 3.02. The second kappa shape index (κ2) is 13.5. The summed E-state index contributed by atoms with van der Waals surface area (Å²) in [6.07, 6.45) is -0.461. The number of halogens is 2. The summed E-state index contributed by atoms with van der Waals surface area (Å²) >= 11 is 0. The first-order chi connectivity index (χ1) is 21.4. The molecule has 2 aliphatic rings. The quantitative estimate of drug-likeness (QED) is 0.203. The highest BCUT2D eigenvalue weighted by molar-refractivity contribution is 6.99. The Bertz CT molecular complexity index is 1460. The topological polar surface area (TPSA) is 68.3 Å². The van der Waals surface area contributed by atoms with E-state index in [-0.39, 0.29) is 55.8 Å². The highest BCUT2D eigenvalue weighted by Crippen LogP contribution is 2.39. The van der Waals surface area contributed by atoms with E-state index >= 15 is 8.78 Å². The van der Waals surface area contributed by atoms with E-state index in [1.807, 2.05) is 50.2 Å². The van der Waals surface area contributed by atoms with Gasteiger partial charge in [0, 0.05) is 31.7 Å². The fourth-order valence-corrected chi connectivity index (χ4v) is 11.1. The number of ketones is 1. The number of hydrogen-bond donors (Lipinski definition) is 0. The fourth-order valence-electron chi connectivity index (χ4n) is 6.62. The number of anilines is 1. The molecule has 3 aromatic rings. The zero-order valence-corrected chi connectivity index (χ0v) is 27.6. The van der Waals surface area contributed by atoms with E-state index in [4.69, 9.17) is 13.9 Å². The second-order valence-corrected chi connectivity index (χ2v) is 17.2. The van der Waals surface area contributed by atoms with Gasteiger partial charge in [0.1, 0.15) is 0 Å². The lowest BCUT2D eigenvalue weighted by Crippen LogP contribution is -2.66. The van der Waals surface area contributed by atoms with Crippen LogP contribution < -0.4 is 15.3 Å². The summed E-state index contributed by atoms with van der Waals surface area (Å²) in [5.41, 5.74) is -0.257. The molecule has 2 unspecified atom stereocenters. The monoisotopic (exact) mass is 636 g/mol. The van der Waals surface area contributed by atoms with E-state index in [1.54, 1.807) is 4.90 Å². The van der Waals surface area contributed by atoms with Crippen LogP contribution in [0.2, 0.25) is 5.04 Å². The van der Waals surface area contributed by atoms with Crippen LogP contribution in [0.1, 0.15) is 50.5 Å². The molecule has 0 bridgehead atoms. The van der Waals surface area contributed by atoms with Crippen molar-refractivity contribution in [1.82, 2.24) is 4.90 Å². The maximum absolute atomic E-state index is 16.3. The first kappa shape index (κ1) is 32.9. The predicted molar refractivity (Wildman–Crippen MR) is 173 cm³/mol. The van der Waals surface area contributed by atoms with Gasteiger partial charge in [0.2, 0.25) is 0 Å². The number of carbonyl (C=O) groups is 2. The Labute approximate surface area is 265 Å². The minimum absolute atomic E-state index is 0.0304. The van der Waals surface area contributed by atoms with Gasteiger partial charge in [0.25, 0.3) is 20.0 Å². The van der Waals surface area contributed by atoms with Gasteiger partial charge in [0.15, 0.2) is 11.6 Å². The predicted octanol–water partition coefficient (Wildman–Crippen LogP) is 4.70. The number of nitrogens with zero attached hydrogens (tertiary/aromatic N) is 2. The van der Waals surface area contributed by atoms with E-state index < -0.39 is 37.2 Å². The number of hydrogen-bond acceptors (Lipinski definition) is 6. The van der Waals surface area contributed by atoms with Crippen molar-refractivity contribution in [2.45, 2.75) is 58.5 Å². The standard InChI is InChI=1S/C35H42F2N2O5Si/c1-24-21-39(22-25(2)44-24)32-26(20-29(30(36)31(32)37)33(40)34(41)38-16-18-42-19-17-38)23-43-45(35(3,4)5,27-12-8-6-9-13-27)28-14-10-7-11-15-28/h6-15,20,24-25H,16-19,21-23H2,1-5H3. The SMILES string of the molecule is CC1CN(c2c(CO[Si](c3ccccc3)(c3ccccc3)C(C)(C)C)cc(C(=O)C(=O)N3CCOCC3)c(F)c2F)CC(C)O1. The molecule has 240 valence electrons. The van der Waals surface area contributed by atoms with Crippen molar-refractivity contribution in [1.29, 1.82) is 0 Å². The van der Waals surface area contributed by atoms with Gasteiger partial charge in [-0.3, -0.25) is 9.59 Å². The maximum Gasteiger partial charge on any atom is 0.295 e. The highest BCUT2D eigenvalue weighted by Gasteiger charge is 2.50. The summed E-state index contributed by atoms with van der Waals surface area (Å²) in [5.74, 6) is -4.47. The molecule has 0 spiro atoms. The largest absolute Gasteiger partial charge is 0.403 e. The molecule has 0 radical (unpaired) electrons. The molecule has 2 atom stereocenters. The van der Waals surface area contributed by atoms with Gasteiger partial charge in [-0.25, -0.2) is 8.78 Å². The molecule has 3 aromatic carbocycles. The molecule has 2 saturated heterocycles. The van der Waals surface area contributed by atoms with Gasteiger partial charge in [0.05, 0.1) is 43.3 Å². The molecular weight excluding hydrogens is 594 g/mol. The number of amides is 1. The van der Waals surface area contributed by atoms with E-state index in [0.717, 1.165) is 10.4 Å². The molecule has 0 saturated carbocycles. The molecule has 0 N–H and O–H groups in total. The lowest BCUT2D eigenvalue weighted by Gasteiger charge is -2.43. The number of carbonyl (C=O) groups excluding carboxylic acids is 2. The Morgan fingerprint density at radius 3 is 1.93 bits per heavy atom. The Morgan fingerprint density at radius 2 is 1.42 bits per heavy atom. The molecule has 10 heteroatoms.